The molecule has 2 aromatic carbocycles. The molecule has 0 N–H and O–H groups in total. The smallest absolute Gasteiger partial charge is 0.341 e. The fourth-order valence-electron chi connectivity index (χ4n) is 3.40. The van der Waals surface area contributed by atoms with E-state index in [0.717, 1.165) is 18.4 Å². The van der Waals surface area contributed by atoms with Gasteiger partial charge in [-0.15, -0.1) is 0 Å². The average molecular weight is 353 g/mol. The van der Waals surface area contributed by atoms with Crippen LogP contribution in [0.2, 0.25) is 0 Å². The molecular formula is C20H20FN3O2. The number of urea groups is 1. The number of hydrazone groups is 1. The van der Waals surface area contributed by atoms with Crippen molar-refractivity contribution in [2.24, 2.45) is 5.10 Å². The molecule has 0 aromatic heterocycles. The summed E-state index contributed by atoms with van der Waals surface area (Å²) >= 11 is 0. The van der Waals surface area contributed by atoms with Gasteiger partial charge < -0.3 is 9.64 Å². The summed E-state index contributed by atoms with van der Waals surface area (Å²) in [7, 11) is 0. The second kappa shape index (κ2) is 7.15. The minimum atomic E-state index is -0.292. The molecule has 2 amide bonds. The first-order valence-corrected chi connectivity index (χ1v) is 8.78. The Balaban J connectivity index is 1.39. The van der Waals surface area contributed by atoms with E-state index >= 15 is 0 Å². The zero-order chi connectivity index (χ0) is 17.9. The molecule has 1 fully saturated rings. The number of carbonyl (C=O) groups excluding carboxylic acids is 1. The number of likely N-dealkylation sites (tertiary alicyclic amines) is 1. The summed E-state index contributed by atoms with van der Waals surface area (Å²) in [6.45, 7) is 1.13. The number of benzene rings is 2. The Morgan fingerprint density at radius 1 is 1.12 bits per heavy atom. The summed E-state index contributed by atoms with van der Waals surface area (Å²) in [5, 5.41) is 5.86. The van der Waals surface area contributed by atoms with Gasteiger partial charge in [-0.3, -0.25) is 0 Å². The van der Waals surface area contributed by atoms with E-state index in [-0.39, 0.29) is 24.0 Å². The molecule has 6 heteroatoms. The molecule has 0 aliphatic carbocycles. The molecule has 134 valence electrons. The van der Waals surface area contributed by atoms with Crippen LogP contribution in [0.25, 0.3) is 0 Å². The van der Waals surface area contributed by atoms with Gasteiger partial charge in [0.05, 0.1) is 12.6 Å². The summed E-state index contributed by atoms with van der Waals surface area (Å²) in [6, 6.07) is 15.7. The monoisotopic (exact) mass is 353 g/mol. The minimum Gasteiger partial charge on any atom is -0.489 e. The molecule has 0 spiro atoms. The standard InChI is InChI=1S/C20H20FN3O2/c21-16-6-8-17(9-7-16)26-18-11-13-23(14-18)20(25)24-19(10-12-22-24)15-4-2-1-3-5-15/h1-9,12,18-19H,10-11,13-14H2. The van der Waals surface area contributed by atoms with Crippen molar-refractivity contribution in [3.63, 3.8) is 0 Å². The molecule has 2 atom stereocenters. The van der Waals surface area contributed by atoms with Gasteiger partial charge in [-0.2, -0.15) is 5.10 Å². The Bertz CT molecular complexity index is 794. The van der Waals surface area contributed by atoms with Gasteiger partial charge >= 0.3 is 6.03 Å². The second-order valence-electron chi connectivity index (χ2n) is 6.52. The van der Waals surface area contributed by atoms with Crippen molar-refractivity contribution in [2.75, 3.05) is 13.1 Å². The highest BCUT2D eigenvalue weighted by atomic mass is 19.1. The highest BCUT2D eigenvalue weighted by Gasteiger charge is 2.35. The fourth-order valence-corrected chi connectivity index (χ4v) is 3.40. The molecule has 1 saturated heterocycles. The largest absolute Gasteiger partial charge is 0.489 e. The van der Waals surface area contributed by atoms with E-state index in [0.29, 0.717) is 18.8 Å². The molecule has 0 bridgehead atoms. The van der Waals surface area contributed by atoms with Gasteiger partial charge in [-0.1, -0.05) is 30.3 Å². The molecule has 2 aliphatic rings. The van der Waals surface area contributed by atoms with E-state index in [1.165, 1.54) is 12.1 Å². The zero-order valence-corrected chi connectivity index (χ0v) is 14.3. The van der Waals surface area contributed by atoms with Gasteiger partial charge in [-0.05, 0) is 29.8 Å². The van der Waals surface area contributed by atoms with Crippen molar-refractivity contribution in [1.29, 1.82) is 0 Å². The lowest BCUT2D eigenvalue weighted by molar-refractivity contribution is 0.142. The van der Waals surface area contributed by atoms with E-state index < -0.39 is 0 Å². The number of nitrogens with zero attached hydrogens (tertiary/aromatic N) is 3. The number of hydrogen-bond donors (Lipinski definition) is 0. The number of amides is 2. The lowest BCUT2D eigenvalue weighted by atomic mass is 10.1. The van der Waals surface area contributed by atoms with E-state index in [1.54, 1.807) is 28.3 Å². The molecule has 26 heavy (non-hydrogen) atoms. The molecular weight excluding hydrogens is 333 g/mol. The predicted octanol–water partition coefficient (Wildman–Crippen LogP) is 3.83. The number of hydrogen-bond acceptors (Lipinski definition) is 3. The summed E-state index contributed by atoms with van der Waals surface area (Å²) < 4.78 is 18.9. The average Bonchev–Trinajstić information content (AvgIpc) is 3.33. The van der Waals surface area contributed by atoms with Crippen LogP contribution in [0.4, 0.5) is 9.18 Å². The van der Waals surface area contributed by atoms with Crippen LogP contribution < -0.4 is 4.74 Å². The van der Waals surface area contributed by atoms with Gasteiger partial charge in [0.1, 0.15) is 17.7 Å². The maximum atomic E-state index is 13.0. The van der Waals surface area contributed by atoms with Crippen LogP contribution in [-0.4, -0.2) is 41.3 Å². The molecule has 0 saturated carbocycles. The highest BCUT2D eigenvalue weighted by Crippen LogP contribution is 2.30. The maximum Gasteiger partial charge on any atom is 0.341 e. The van der Waals surface area contributed by atoms with Crippen molar-refractivity contribution in [3.8, 4) is 5.75 Å². The van der Waals surface area contributed by atoms with Crippen molar-refractivity contribution >= 4 is 12.2 Å². The lowest BCUT2D eigenvalue weighted by Crippen LogP contribution is -2.40. The molecule has 2 aromatic rings. The minimum absolute atomic E-state index is 0.0548. The first-order valence-electron chi connectivity index (χ1n) is 8.78. The van der Waals surface area contributed by atoms with Gasteiger partial charge in [0.25, 0.3) is 0 Å². The second-order valence-corrected chi connectivity index (χ2v) is 6.52. The number of rotatable bonds is 3. The van der Waals surface area contributed by atoms with Crippen LogP contribution in [0.15, 0.2) is 59.7 Å². The Hall–Kier alpha value is -2.89. The van der Waals surface area contributed by atoms with Crippen molar-refractivity contribution in [2.45, 2.75) is 25.0 Å². The Labute approximate surface area is 151 Å². The molecule has 4 rings (SSSR count). The van der Waals surface area contributed by atoms with Crippen molar-refractivity contribution in [1.82, 2.24) is 9.91 Å². The quantitative estimate of drug-likeness (QED) is 0.842. The highest BCUT2D eigenvalue weighted by molar-refractivity contribution is 5.78. The first kappa shape index (κ1) is 16.6. The third-order valence-electron chi connectivity index (χ3n) is 4.74. The molecule has 0 radical (unpaired) electrons. The summed E-state index contributed by atoms with van der Waals surface area (Å²) in [5.74, 6) is 0.325. The molecule has 2 unspecified atom stereocenters. The topological polar surface area (TPSA) is 45.1 Å². The maximum absolute atomic E-state index is 13.0. The van der Waals surface area contributed by atoms with E-state index in [9.17, 15) is 9.18 Å². The summed E-state index contributed by atoms with van der Waals surface area (Å²) in [6.07, 6.45) is 3.17. The number of carbonyl (C=O) groups is 1. The van der Waals surface area contributed by atoms with Crippen molar-refractivity contribution < 1.29 is 13.9 Å². The zero-order valence-electron chi connectivity index (χ0n) is 14.3. The van der Waals surface area contributed by atoms with Crippen LogP contribution in [-0.2, 0) is 0 Å². The van der Waals surface area contributed by atoms with Gasteiger partial charge in [0.15, 0.2) is 0 Å². The number of ether oxygens (including phenoxy) is 1. The van der Waals surface area contributed by atoms with E-state index in [4.69, 9.17) is 4.74 Å². The van der Waals surface area contributed by atoms with Gasteiger partial charge in [0.2, 0.25) is 0 Å². The summed E-state index contributed by atoms with van der Waals surface area (Å²) in [4.78, 5) is 14.7. The van der Waals surface area contributed by atoms with Crippen LogP contribution in [0, 0.1) is 5.82 Å². The Kier molecular flexibility index (Phi) is 4.56. The van der Waals surface area contributed by atoms with E-state index in [1.807, 2.05) is 30.3 Å². The van der Waals surface area contributed by atoms with Gasteiger partial charge in [-0.25, -0.2) is 14.2 Å². The van der Waals surface area contributed by atoms with Crippen LogP contribution in [0.3, 0.4) is 0 Å². The third kappa shape index (κ3) is 3.40. The van der Waals surface area contributed by atoms with Crippen LogP contribution in [0.5, 0.6) is 5.75 Å². The molecule has 2 aliphatic heterocycles. The van der Waals surface area contributed by atoms with E-state index in [2.05, 4.69) is 5.10 Å². The predicted molar refractivity (Wildman–Crippen MR) is 96.5 cm³/mol. The SMILES string of the molecule is O=C(N1CCC(Oc2ccc(F)cc2)C1)N1N=CCC1c1ccccc1. The Morgan fingerprint density at radius 3 is 2.65 bits per heavy atom. The first-order chi connectivity index (χ1) is 12.7. The Morgan fingerprint density at radius 2 is 1.88 bits per heavy atom. The van der Waals surface area contributed by atoms with Crippen molar-refractivity contribution in [3.05, 3.63) is 66.0 Å². The van der Waals surface area contributed by atoms with Gasteiger partial charge in [0, 0.05) is 25.6 Å². The number of halogens is 1. The third-order valence-corrected chi connectivity index (χ3v) is 4.74. The summed E-state index contributed by atoms with van der Waals surface area (Å²) in [5.41, 5.74) is 1.08. The fraction of sp³-hybridized carbons (Fsp3) is 0.300. The normalized spacial score (nSPS) is 22.0. The van der Waals surface area contributed by atoms with Crippen LogP contribution in [0.1, 0.15) is 24.4 Å². The lowest BCUT2D eigenvalue weighted by Gasteiger charge is -2.27. The van der Waals surface area contributed by atoms with Crippen LogP contribution >= 0.6 is 0 Å². The molecule has 5 nitrogen and oxygen atoms in total. The molecule has 2 heterocycles.